The molecule has 51 heavy (non-hydrogen) atoms. The highest BCUT2D eigenvalue weighted by atomic mass is 15.3. The van der Waals surface area contributed by atoms with Crippen LogP contribution in [0.3, 0.4) is 0 Å². The first-order valence-corrected chi connectivity index (χ1v) is 18.7. The molecular weight excluding hydrogens is 615 g/mol. The van der Waals surface area contributed by atoms with Gasteiger partial charge in [0.25, 0.3) is 0 Å². The standard InChI is InChI=1S/C50H43N/c1-48(2)29-14-30-49(3)44-31-36(23-28-45(44)51(50(48,49)4)37-19-12-7-13-20-37)43-32-42(34-17-10-6-11-18-34)40-25-22-35-21-24-38(33-15-8-5-9-16-33)39-26-27-41(43)47(40)46(35)39/h5-13,15-28,31-32H,14,29-30H2,1-4H3. The number of anilines is 2. The zero-order valence-corrected chi connectivity index (χ0v) is 30.0. The molecular formula is C50H43N. The third kappa shape index (κ3) is 4.09. The molecule has 0 aromatic heterocycles. The summed E-state index contributed by atoms with van der Waals surface area (Å²) in [4.78, 5) is 2.70. The molecule has 0 N–H and O–H groups in total. The second-order valence-electron chi connectivity index (χ2n) is 16.1. The van der Waals surface area contributed by atoms with E-state index in [9.17, 15) is 0 Å². The van der Waals surface area contributed by atoms with Gasteiger partial charge in [-0.1, -0.05) is 149 Å². The Morgan fingerprint density at radius 2 is 1.04 bits per heavy atom. The van der Waals surface area contributed by atoms with E-state index in [1.165, 1.54) is 102 Å². The number of rotatable bonds is 4. The summed E-state index contributed by atoms with van der Waals surface area (Å²) < 4.78 is 0. The molecule has 8 aromatic carbocycles. The Bertz CT molecular complexity index is 2600. The van der Waals surface area contributed by atoms with Crippen LogP contribution < -0.4 is 4.90 Å². The molecule has 248 valence electrons. The van der Waals surface area contributed by atoms with Crippen LogP contribution in [0.5, 0.6) is 0 Å². The van der Waals surface area contributed by atoms with E-state index in [4.69, 9.17) is 0 Å². The summed E-state index contributed by atoms with van der Waals surface area (Å²) in [5.41, 5.74) is 11.9. The van der Waals surface area contributed by atoms with Gasteiger partial charge < -0.3 is 4.90 Å². The van der Waals surface area contributed by atoms with Crippen molar-refractivity contribution in [1.29, 1.82) is 0 Å². The maximum atomic E-state index is 2.70. The average molecular weight is 658 g/mol. The van der Waals surface area contributed by atoms with E-state index in [0.29, 0.717) is 0 Å². The fraction of sp³-hybridized carbons (Fsp3) is 0.200. The molecule has 1 aliphatic heterocycles. The lowest BCUT2D eigenvalue weighted by atomic mass is 9.51. The van der Waals surface area contributed by atoms with E-state index in [-0.39, 0.29) is 16.4 Å². The van der Waals surface area contributed by atoms with Crippen LogP contribution in [0.1, 0.15) is 52.5 Å². The Kier molecular flexibility index (Phi) is 6.44. The number of benzene rings is 8. The molecule has 1 heterocycles. The summed E-state index contributed by atoms with van der Waals surface area (Å²) in [6.45, 7) is 10.1. The normalized spacial score (nSPS) is 21.0. The number of hydrogen-bond acceptors (Lipinski definition) is 1. The molecule has 2 atom stereocenters. The summed E-state index contributed by atoms with van der Waals surface area (Å²) in [6.07, 6.45) is 3.65. The molecule has 10 rings (SSSR count). The number of hydrogen-bond donors (Lipinski definition) is 0. The lowest BCUT2D eigenvalue weighted by Gasteiger charge is -2.59. The Morgan fingerprint density at radius 1 is 0.471 bits per heavy atom. The van der Waals surface area contributed by atoms with Crippen molar-refractivity contribution in [2.45, 2.75) is 57.9 Å². The van der Waals surface area contributed by atoms with Crippen molar-refractivity contribution in [3.8, 4) is 33.4 Å². The first kappa shape index (κ1) is 30.4. The van der Waals surface area contributed by atoms with Gasteiger partial charge in [-0.25, -0.2) is 0 Å². The van der Waals surface area contributed by atoms with Gasteiger partial charge in [0, 0.05) is 16.8 Å². The minimum atomic E-state index is -0.0771. The van der Waals surface area contributed by atoms with E-state index < -0.39 is 0 Å². The fourth-order valence-corrected chi connectivity index (χ4v) is 10.5. The largest absolute Gasteiger partial charge is 0.334 e. The van der Waals surface area contributed by atoms with Crippen molar-refractivity contribution in [2.75, 3.05) is 4.90 Å². The highest BCUT2D eigenvalue weighted by molar-refractivity contribution is 6.30. The Hall–Kier alpha value is -5.40. The van der Waals surface area contributed by atoms with Crippen LogP contribution in [0.15, 0.2) is 152 Å². The van der Waals surface area contributed by atoms with Crippen molar-refractivity contribution in [3.63, 3.8) is 0 Å². The number of fused-ring (bicyclic) bond motifs is 3. The molecule has 1 saturated carbocycles. The molecule has 1 aliphatic carbocycles. The molecule has 0 spiro atoms. The second-order valence-corrected chi connectivity index (χ2v) is 16.1. The van der Waals surface area contributed by atoms with Crippen LogP contribution in [-0.4, -0.2) is 5.54 Å². The SMILES string of the molecule is CC1(C)CCCC2(C)c3cc(-c4cc(-c5ccccc5)c5ccc6ccc(-c7ccccc7)c7ccc4c5c67)ccc3N(c3ccccc3)C12C. The van der Waals surface area contributed by atoms with Crippen LogP contribution >= 0.6 is 0 Å². The molecule has 1 nitrogen and oxygen atoms in total. The van der Waals surface area contributed by atoms with Gasteiger partial charge in [0.1, 0.15) is 0 Å². The summed E-state index contributed by atoms with van der Waals surface area (Å²) in [7, 11) is 0. The quantitative estimate of drug-likeness (QED) is 0.170. The zero-order chi connectivity index (χ0) is 34.5. The monoisotopic (exact) mass is 657 g/mol. The van der Waals surface area contributed by atoms with Crippen LogP contribution in [0.2, 0.25) is 0 Å². The second kappa shape index (κ2) is 10.8. The van der Waals surface area contributed by atoms with Crippen LogP contribution in [0, 0.1) is 5.41 Å². The predicted octanol–water partition coefficient (Wildman–Crippen LogP) is 14.0. The van der Waals surface area contributed by atoms with Crippen molar-refractivity contribution >= 4 is 43.7 Å². The van der Waals surface area contributed by atoms with E-state index in [2.05, 4.69) is 184 Å². The number of nitrogens with zero attached hydrogens (tertiary/aromatic N) is 1. The first-order chi connectivity index (χ1) is 24.8. The molecule has 2 unspecified atom stereocenters. The van der Waals surface area contributed by atoms with Gasteiger partial charge in [-0.05, 0) is 127 Å². The molecule has 2 aliphatic rings. The maximum absolute atomic E-state index is 2.70. The van der Waals surface area contributed by atoms with Gasteiger partial charge in [0.05, 0.1) is 5.54 Å². The minimum Gasteiger partial charge on any atom is -0.334 e. The topological polar surface area (TPSA) is 3.24 Å². The summed E-state index contributed by atoms with van der Waals surface area (Å²) >= 11 is 0. The maximum Gasteiger partial charge on any atom is 0.0568 e. The smallest absolute Gasteiger partial charge is 0.0568 e. The van der Waals surface area contributed by atoms with Crippen LogP contribution in [-0.2, 0) is 5.41 Å². The Labute approximate surface area is 301 Å². The molecule has 0 amide bonds. The fourth-order valence-electron chi connectivity index (χ4n) is 10.5. The molecule has 0 bridgehead atoms. The van der Waals surface area contributed by atoms with Gasteiger partial charge in [-0.3, -0.25) is 0 Å². The highest BCUT2D eigenvalue weighted by Gasteiger charge is 2.64. The van der Waals surface area contributed by atoms with Gasteiger partial charge in [-0.15, -0.1) is 0 Å². The molecule has 1 fully saturated rings. The third-order valence-corrected chi connectivity index (χ3v) is 13.4. The summed E-state index contributed by atoms with van der Waals surface area (Å²) in [5, 5.41) is 7.96. The lowest BCUT2D eigenvalue weighted by molar-refractivity contribution is 0.0484. The van der Waals surface area contributed by atoms with Crippen LogP contribution in [0.25, 0.3) is 65.7 Å². The van der Waals surface area contributed by atoms with E-state index in [1.54, 1.807) is 0 Å². The van der Waals surface area contributed by atoms with Gasteiger partial charge in [0.15, 0.2) is 0 Å². The Morgan fingerprint density at radius 3 is 1.73 bits per heavy atom. The van der Waals surface area contributed by atoms with Crippen molar-refractivity contribution < 1.29 is 0 Å². The van der Waals surface area contributed by atoms with Gasteiger partial charge in [-0.2, -0.15) is 0 Å². The molecule has 0 radical (unpaired) electrons. The van der Waals surface area contributed by atoms with Gasteiger partial charge in [0.2, 0.25) is 0 Å². The van der Waals surface area contributed by atoms with E-state index in [1.807, 2.05) is 0 Å². The average Bonchev–Trinajstić information content (AvgIpc) is 3.38. The molecule has 1 heteroatoms. The molecule has 0 saturated heterocycles. The lowest BCUT2D eigenvalue weighted by Crippen LogP contribution is -2.64. The van der Waals surface area contributed by atoms with Crippen molar-refractivity contribution in [2.24, 2.45) is 5.41 Å². The van der Waals surface area contributed by atoms with E-state index >= 15 is 0 Å². The predicted molar refractivity (Wildman–Crippen MR) is 218 cm³/mol. The van der Waals surface area contributed by atoms with Crippen molar-refractivity contribution in [1.82, 2.24) is 0 Å². The van der Waals surface area contributed by atoms with Crippen molar-refractivity contribution in [3.05, 3.63) is 157 Å². The van der Waals surface area contributed by atoms with Gasteiger partial charge >= 0.3 is 0 Å². The van der Waals surface area contributed by atoms with Crippen LogP contribution in [0.4, 0.5) is 11.4 Å². The summed E-state index contributed by atoms with van der Waals surface area (Å²) in [5.74, 6) is 0. The van der Waals surface area contributed by atoms with E-state index in [0.717, 1.165) is 0 Å². The molecule has 8 aromatic rings. The first-order valence-electron chi connectivity index (χ1n) is 18.7. The third-order valence-electron chi connectivity index (χ3n) is 13.4. The zero-order valence-electron chi connectivity index (χ0n) is 30.0. The summed E-state index contributed by atoms with van der Waals surface area (Å²) in [6, 6.07) is 57.0. The minimum absolute atomic E-state index is 0.00738. The highest BCUT2D eigenvalue weighted by Crippen LogP contribution is 2.66. The number of para-hydroxylation sites is 1. The Balaban J connectivity index is 1.27.